The van der Waals surface area contributed by atoms with Gasteiger partial charge in [0.25, 0.3) is 0 Å². The van der Waals surface area contributed by atoms with Crippen LogP contribution in [0.25, 0.3) is 0 Å². The van der Waals surface area contributed by atoms with Crippen molar-refractivity contribution in [2.45, 2.75) is 272 Å². The smallest absolute Gasteiger partial charge is 0.306 e. The molecule has 0 heterocycles. The first-order chi connectivity index (χ1) is 26.7. The second-order valence-electron chi connectivity index (χ2n) is 17.7. The number of esters is 3. The molecule has 326 valence electrons. The van der Waals surface area contributed by atoms with Gasteiger partial charge in [-0.25, -0.2) is 0 Å². The molecule has 0 spiro atoms. The lowest BCUT2D eigenvalue weighted by atomic mass is 10.0. The van der Waals surface area contributed by atoms with Crippen molar-refractivity contribution < 1.29 is 28.6 Å². The van der Waals surface area contributed by atoms with Crippen molar-refractivity contribution in [3.63, 3.8) is 0 Å². The van der Waals surface area contributed by atoms with Crippen LogP contribution >= 0.6 is 0 Å². The summed E-state index contributed by atoms with van der Waals surface area (Å²) >= 11 is 0. The van der Waals surface area contributed by atoms with Gasteiger partial charge in [0.1, 0.15) is 13.2 Å². The molecule has 6 nitrogen and oxygen atoms in total. The monoisotopic (exact) mass is 779 g/mol. The Balaban J connectivity index is 4.17. The van der Waals surface area contributed by atoms with E-state index in [9.17, 15) is 14.4 Å². The lowest BCUT2D eigenvalue weighted by Crippen LogP contribution is -2.30. The molecule has 0 aliphatic rings. The number of carbonyl (C=O) groups excluding carboxylic acids is 3. The first-order valence-corrected chi connectivity index (χ1v) is 24.2. The number of carbonyl (C=O) groups is 3. The van der Waals surface area contributed by atoms with Gasteiger partial charge in [0, 0.05) is 19.3 Å². The Hall–Kier alpha value is -1.59. The molecule has 0 unspecified atom stereocenters. The molecule has 0 saturated carbocycles. The minimum Gasteiger partial charge on any atom is -0.462 e. The summed E-state index contributed by atoms with van der Waals surface area (Å²) in [4.78, 5) is 37.7. The van der Waals surface area contributed by atoms with Crippen LogP contribution in [0.15, 0.2) is 0 Å². The summed E-state index contributed by atoms with van der Waals surface area (Å²) in [7, 11) is 0. The number of ether oxygens (including phenoxy) is 3. The van der Waals surface area contributed by atoms with Gasteiger partial charge in [-0.3, -0.25) is 14.4 Å². The van der Waals surface area contributed by atoms with E-state index in [1.54, 1.807) is 0 Å². The second-order valence-corrected chi connectivity index (χ2v) is 17.7. The Labute approximate surface area is 342 Å². The zero-order valence-corrected chi connectivity index (χ0v) is 37.6. The molecule has 6 heteroatoms. The number of unbranched alkanes of at least 4 members (excludes halogenated alkanes) is 28. The molecule has 0 fully saturated rings. The maximum Gasteiger partial charge on any atom is 0.306 e. The highest BCUT2D eigenvalue weighted by Gasteiger charge is 2.19. The summed E-state index contributed by atoms with van der Waals surface area (Å²) < 4.78 is 16.7. The predicted molar refractivity (Wildman–Crippen MR) is 233 cm³/mol. The number of rotatable bonds is 43. The SMILES string of the molecule is CCCCCCCCCC(=O)O[C@@H](COC(=O)CCCCCCCCCCCCCCCCCC(C)C)COC(=O)CCCCCCCCCCCC(C)C. The summed E-state index contributed by atoms with van der Waals surface area (Å²) in [6.45, 7) is 11.3. The van der Waals surface area contributed by atoms with Gasteiger partial charge in [-0.2, -0.15) is 0 Å². The largest absolute Gasteiger partial charge is 0.462 e. The van der Waals surface area contributed by atoms with Crippen LogP contribution in [0.5, 0.6) is 0 Å². The minimum atomic E-state index is -0.759. The van der Waals surface area contributed by atoms with Crippen molar-refractivity contribution >= 4 is 17.9 Å². The molecule has 0 bridgehead atoms. The van der Waals surface area contributed by atoms with E-state index in [2.05, 4.69) is 34.6 Å². The van der Waals surface area contributed by atoms with Crippen molar-refractivity contribution in [2.24, 2.45) is 11.8 Å². The third-order valence-electron chi connectivity index (χ3n) is 11.0. The van der Waals surface area contributed by atoms with E-state index in [1.165, 1.54) is 154 Å². The molecule has 0 aromatic carbocycles. The Kier molecular flexibility index (Phi) is 40.8. The van der Waals surface area contributed by atoms with E-state index in [0.717, 1.165) is 69.6 Å². The quantitative estimate of drug-likeness (QED) is 0.0348. The van der Waals surface area contributed by atoms with Crippen LogP contribution < -0.4 is 0 Å². The Morgan fingerprint density at radius 2 is 0.600 bits per heavy atom. The average Bonchev–Trinajstić information content (AvgIpc) is 3.15. The van der Waals surface area contributed by atoms with E-state index < -0.39 is 6.10 Å². The third kappa shape index (κ3) is 43.4. The molecule has 0 aliphatic carbocycles. The van der Waals surface area contributed by atoms with Gasteiger partial charge in [-0.1, -0.05) is 227 Å². The normalized spacial score (nSPS) is 12.1. The summed E-state index contributed by atoms with van der Waals surface area (Å²) in [6.07, 6.45) is 41.1. The Morgan fingerprint density at radius 1 is 0.345 bits per heavy atom. The standard InChI is InChI=1S/C49H94O6/c1-6-7-8-9-22-31-36-41-49(52)55-46(43-54-48(51)40-35-30-26-21-17-19-24-28-33-38-45(4)5)42-53-47(50)39-34-29-25-20-16-14-12-10-11-13-15-18-23-27-32-37-44(2)3/h44-46H,6-43H2,1-5H3/t46-/m0/s1. The molecular weight excluding hydrogens is 685 g/mol. The fraction of sp³-hybridized carbons (Fsp3) is 0.939. The van der Waals surface area contributed by atoms with Crippen LogP contribution in [0, 0.1) is 11.8 Å². The first kappa shape index (κ1) is 53.4. The van der Waals surface area contributed by atoms with E-state index in [1.807, 2.05) is 0 Å². The van der Waals surface area contributed by atoms with Crippen LogP contribution in [-0.4, -0.2) is 37.2 Å². The zero-order valence-electron chi connectivity index (χ0n) is 37.6. The lowest BCUT2D eigenvalue weighted by Gasteiger charge is -2.18. The van der Waals surface area contributed by atoms with Crippen LogP contribution in [0.4, 0.5) is 0 Å². The zero-order chi connectivity index (χ0) is 40.5. The minimum absolute atomic E-state index is 0.0648. The molecular formula is C49H94O6. The van der Waals surface area contributed by atoms with Crippen molar-refractivity contribution in [3.8, 4) is 0 Å². The molecule has 0 saturated heterocycles. The molecule has 0 aliphatic heterocycles. The summed E-state index contributed by atoms with van der Waals surface area (Å²) in [6, 6.07) is 0. The predicted octanol–water partition coefficient (Wildman–Crippen LogP) is 15.4. The molecule has 0 N–H and O–H groups in total. The molecule has 0 amide bonds. The van der Waals surface area contributed by atoms with Gasteiger partial charge in [0.05, 0.1) is 0 Å². The Morgan fingerprint density at radius 3 is 0.891 bits per heavy atom. The van der Waals surface area contributed by atoms with Gasteiger partial charge in [0.2, 0.25) is 0 Å². The molecule has 0 aromatic heterocycles. The van der Waals surface area contributed by atoms with Gasteiger partial charge < -0.3 is 14.2 Å². The van der Waals surface area contributed by atoms with Crippen molar-refractivity contribution in [3.05, 3.63) is 0 Å². The maximum absolute atomic E-state index is 12.6. The molecule has 55 heavy (non-hydrogen) atoms. The third-order valence-corrected chi connectivity index (χ3v) is 11.0. The fourth-order valence-corrected chi connectivity index (χ4v) is 7.28. The number of hydrogen-bond donors (Lipinski definition) is 0. The van der Waals surface area contributed by atoms with Crippen LogP contribution in [-0.2, 0) is 28.6 Å². The second kappa shape index (κ2) is 42.0. The van der Waals surface area contributed by atoms with Gasteiger partial charge >= 0.3 is 17.9 Å². The van der Waals surface area contributed by atoms with Gasteiger partial charge in [-0.15, -0.1) is 0 Å². The molecule has 0 rings (SSSR count). The van der Waals surface area contributed by atoms with Crippen molar-refractivity contribution in [1.29, 1.82) is 0 Å². The maximum atomic E-state index is 12.6. The highest BCUT2D eigenvalue weighted by Crippen LogP contribution is 2.17. The van der Waals surface area contributed by atoms with Crippen molar-refractivity contribution in [2.75, 3.05) is 13.2 Å². The topological polar surface area (TPSA) is 78.9 Å². The van der Waals surface area contributed by atoms with Gasteiger partial charge in [-0.05, 0) is 31.1 Å². The first-order valence-electron chi connectivity index (χ1n) is 24.2. The molecule has 0 radical (unpaired) electrons. The Bertz CT molecular complexity index is 839. The van der Waals surface area contributed by atoms with Crippen LogP contribution in [0.3, 0.4) is 0 Å². The molecule has 0 aromatic rings. The summed E-state index contributed by atoms with van der Waals surface area (Å²) in [5, 5.41) is 0. The number of hydrogen-bond acceptors (Lipinski definition) is 6. The average molecular weight is 779 g/mol. The molecule has 1 atom stereocenters. The van der Waals surface area contributed by atoms with Crippen LogP contribution in [0.2, 0.25) is 0 Å². The summed E-state index contributed by atoms with van der Waals surface area (Å²) in [5.41, 5.74) is 0. The lowest BCUT2D eigenvalue weighted by molar-refractivity contribution is -0.167. The van der Waals surface area contributed by atoms with Crippen LogP contribution in [0.1, 0.15) is 266 Å². The highest BCUT2D eigenvalue weighted by atomic mass is 16.6. The van der Waals surface area contributed by atoms with Gasteiger partial charge in [0.15, 0.2) is 6.10 Å². The van der Waals surface area contributed by atoms with E-state index in [4.69, 9.17) is 14.2 Å². The van der Waals surface area contributed by atoms with E-state index >= 15 is 0 Å². The van der Waals surface area contributed by atoms with E-state index in [-0.39, 0.29) is 31.1 Å². The highest BCUT2D eigenvalue weighted by molar-refractivity contribution is 5.71. The van der Waals surface area contributed by atoms with E-state index in [0.29, 0.717) is 19.3 Å². The fourth-order valence-electron chi connectivity index (χ4n) is 7.28. The van der Waals surface area contributed by atoms with Crippen molar-refractivity contribution in [1.82, 2.24) is 0 Å². The summed E-state index contributed by atoms with van der Waals surface area (Å²) in [5.74, 6) is 0.797.